The highest BCUT2D eigenvalue weighted by molar-refractivity contribution is 5.72. The molecule has 0 heterocycles. The number of nitrogens with one attached hydrogen (secondary N) is 1. The Labute approximate surface area is 112 Å². The van der Waals surface area contributed by atoms with E-state index in [2.05, 4.69) is 5.32 Å². The normalized spacial score (nSPS) is 21.6. The number of rotatable bonds is 6. The molecule has 104 valence electrons. The number of hydrogen-bond donors (Lipinski definition) is 2. The topological polar surface area (TPSA) is 67.8 Å². The highest BCUT2D eigenvalue weighted by Crippen LogP contribution is 2.29. The van der Waals surface area contributed by atoms with Crippen LogP contribution in [0.4, 0.5) is 0 Å². The lowest BCUT2D eigenvalue weighted by atomic mass is 9.79. The second-order valence-corrected chi connectivity index (χ2v) is 4.69. The van der Waals surface area contributed by atoms with Crippen molar-refractivity contribution in [1.29, 1.82) is 0 Å². The molecule has 1 aromatic carbocycles. The Morgan fingerprint density at radius 3 is 2.68 bits per heavy atom. The summed E-state index contributed by atoms with van der Waals surface area (Å²) in [5, 5.41) is 12.3. The maximum atomic E-state index is 10.9. The van der Waals surface area contributed by atoms with E-state index in [4.69, 9.17) is 14.6 Å². The van der Waals surface area contributed by atoms with Gasteiger partial charge in [-0.05, 0) is 18.9 Å². The third-order valence-electron chi connectivity index (χ3n) is 3.64. The smallest absolute Gasteiger partial charge is 0.308 e. The van der Waals surface area contributed by atoms with Crippen LogP contribution in [0.5, 0.6) is 11.5 Å². The molecule has 5 nitrogen and oxygen atoms in total. The SMILES string of the molecule is COc1ccc(CNC2CCC2C(=O)O)c(OC)c1. The van der Waals surface area contributed by atoms with Crippen molar-refractivity contribution < 1.29 is 19.4 Å². The van der Waals surface area contributed by atoms with Gasteiger partial charge in [-0.1, -0.05) is 6.07 Å². The van der Waals surface area contributed by atoms with Crippen molar-refractivity contribution >= 4 is 5.97 Å². The molecule has 0 spiro atoms. The number of carbonyl (C=O) groups is 1. The van der Waals surface area contributed by atoms with Crippen molar-refractivity contribution in [2.75, 3.05) is 14.2 Å². The van der Waals surface area contributed by atoms with Crippen LogP contribution >= 0.6 is 0 Å². The number of carboxylic acids is 1. The quantitative estimate of drug-likeness (QED) is 0.818. The summed E-state index contributed by atoms with van der Waals surface area (Å²) in [4.78, 5) is 10.9. The molecule has 0 radical (unpaired) electrons. The van der Waals surface area contributed by atoms with Gasteiger partial charge in [0.25, 0.3) is 0 Å². The van der Waals surface area contributed by atoms with Crippen molar-refractivity contribution in [3.63, 3.8) is 0 Å². The average molecular weight is 265 g/mol. The van der Waals surface area contributed by atoms with Crippen molar-refractivity contribution in [2.24, 2.45) is 5.92 Å². The Morgan fingerprint density at radius 1 is 1.37 bits per heavy atom. The Morgan fingerprint density at radius 2 is 2.16 bits per heavy atom. The number of benzene rings is 1. The van der Waals surface area contributed by atoms with Gasteiger partial charge in [0.2, 0.25) is 0 Å². The fourth-order valence-electron chi connectivity index (χ4n) is 2.28. The van der Waals surface area contributed by atoms with Gasteiger partial charge in [0.15, 0.2) is 0 Å². The van der Waals surface area contributed by atoms with E-state index in [1.807, 2.05) is 18.2 Å². The zero-order valence-electron chi connectivity index (χ0n) is 11.2. The van der Waals surface area contributed by atoms with E-state index in [0.717, 1.165) is 29.9 Å². The summed E-state index contributed by atoms with van der Waals surface area (Å²) in [6, 6.07) is 5.69. The van der Waals surface area contributed by atoms with Crippen LogP contribution in [0.15, 0.2) is 18.2 Å². The molecule has 1 saturated carbocycles. The minimum atomic E-state index is -0.717. The lowest BCUT2D eigenvalue weighted by Crippen LogP contribution is -2.47. The van der Waals surface area contributed by atoms with E-state index in [1.54, 1.807) is 14.2 Å². The van der Waals surface area contributed by atoms with Crippen molar-refractivity contribution in [2.45, 2.75) is 25.4 Å². The Kier molecular flexibility index (Phi) is 4.27. The van der Waals surface area contributed by atoms with E-state index in [1.165, 1.54) is 0 Å². The van der Waals surface area contributed by atoms with E-state index in [9.17, 15) is 4.79 Å². The summed E-state index contributed by atoms with van der Waals surface area (Å²) in [6.07, 6.45) is 1.67. The molecule has 5 heteroatoms. The van der Waals surface area contributed by atoms with Crippen LogP contribution < -0.4 is 14.8 Å². The van der Waals surface area contributed by atoms with Gasteiger partial charge < -0.3 is 19.9 Å². The number of ether oxygens (including phenoxy) is 2. The second kappa shape index (κ2) is 5.93. The molecule has 2 atom stereocenters. The first-order valence-corrected chi connectivity index (χ1v) is 6.32. The molecular formula is C14H19NO4. The van der Waals surface area contributed by atoms with Gasteiger partial charge in [-0.3, -0.25) is 4.79 Å². The Bertz CT molecular complexity index is 461. The fourth-order valence-corrected chi connectivity index (χ4v) is 2.28. The summed E-state index contributed by atoms with van der Waals surface area (Å²) in [6.45, 7) is 0.599. The highest BCUT2D eigenvalue weighted by atomic mass is 16.5. The van der Waals surface area contributed by atoms with E-state index < -0.39 is 5.97 Å². The van der Waals surface area contributed by atoms with Crippen LogP contribution in [0.2, 0.25) is 0 Å². The monoisotopic (exact) mass is 265 g/mol. The van der Waals surface area contributed by atoms with Gasteiger partial charge >= 0.3 is 5.97 Å². The predicted molar refractivity (Wildman–Crippen MR) is 70.5 cm³/mol. The molecule has 2 N–H and O–H groups in total. The number of carboxylic acid groups (broad SMARTS) is 1. The van der Waals surface area contributed by atoms with Gasteiger partial charge in [0, 0.05) is 24.2 Å². The maximum absolute atomic E-state index is 10.9. The van der Waals surface area contributed by atoms with Crippen LogP contribution in [-0.2, 0) is 11.3 Å². The van der Waals surface area contributed by atoms with Crippen molar-refractivity contribution in [3.8, 4) is 11.5 Å². The number of hydrogen-bond acceptors (Lipinski definition) is 4. The molecule has 0 aliphatic heterocycles. The van der Waals surface area contributed by atoms with Crippen LogP contribution in [-0.4, -0.2) is 31.3 Å². The Hall–Kier alpha value is -1.75. The number of aliphatic carboxylic acids is 1. The zero-order valence-corrected chi connectivity index (χ0v) is 11.2. The minimum absolute atomic E-state index is 0.0595. The summed E-state index contributed by atoms with van der Waals surface area (Å²) < 4.78 is 10.4. The largest absolute Gasteiger partial charge is 0.497 e. The standard InChI is InChI=1S/C14H19NO4/c1-18-10-4-3-9(13(7-10)19-2)8-15-12-6-5-11(12)14(16)17/h3-4,7,11-12,15H,5-6,8H2,1-2H3,(H,16,17). The Balaban J connectivity index is 1.97. The molecule has 0 amide bonds. The molecule has 0 saturated heterocycles. The first kappa shape index (κ1) is 13.7. The third kappa shape index (κ3) is 2.98. The minimum Gasteiger partial charge on any atom is -0.497 e. The summed E-state index contributed by atoms with van der Waals surface area (Å²) >= 11 is 0. The van der Waals surface area contributed by atoms with Crippen molar-refractivity contribution in [3.05, 3.63) is 23.8 Å². The van der Waals surface area contributed by atoms with Gasteiger partial charge in [-0.15, -0.1) is 0 Å². The molecule has 1 aliphatic carbocycles. The van der Waals surface area contributed by atoms with E-state index >= 15 is 0 Å². The third-order valence-corrected chi connectivity index (χ3v) is 3.64. The molecule has 2 rings (SSSR count). The van der Waals surface area contributed by atoms with Crippen LogP contribution in [0.25, 0.3) is 0 Å². The molecular weight excluding hydrogens is 246 g/mol. The maximum Gasteiger partial charge on any atom is 0.308 e. The van der Waals surface area contributed by atoms with E-state index in [0.29, 0.717) is 6.54 Å². The molecule has 1 aromatic rings. The lowest BCUT2D eigenvalue weighted by molar-refractivity contribution is -0.146. The lowest BCUT2D eigenvalue weighted by Gasteiger charge is -2.34. The highest BCUT2D eigenvalue weighted by Gasteiger charge is 2.36. The number of methoxy groups -OCH3 is 2. The van der Waals surface area contributed by atoms with Crippen LogP contribution in [0.1, 0.15) is 18.4 Å². The second-order valence-electron chi connectivity index (χ2n) is 4.69. The summed E-state index contributed by atoms with van der Waals surface area (Å²) in [5.41, 5.74) is 0.999. The first-order valence-electron chi connectivity index (χ1n) is 6.32. The van der Waals surface area contributed by atoms with Gasteiger partial charge in [-0.25, -0.2) is 0 Å². The molecule has 1 fully saturated rings. The fraction of sp³-hybridized carbons (Fsp3) is 0.500. The predicted octanol–water partition coefficient (Wildman–Crippen LogP) is 1.66. The van der Waals surface area contributed by atoms with Gasteiger partial charge in [0.05, 0.1) is 20.1 Å². The van der Waals surface area contributed by atoms with Crippen LogP contribution in [0, 0.1) is 5.92 Å². The molecule has 1 aliphatic rings. The zero-order chi connectivity index (χ0) is 13.8. The summed E-state index contributed by atoms with van der Waals surface area (Å²) in [7, 11) is 3.22. The van der Waals surface area contributed by atoms with Crippen LogP contribution in [0.3, 0.4) is 0 Å². The van der Waals surface area contributed by atoms with Crippen molar-refractivity contribution in [1.82, 2.24) is 5.32 Å². The summed E-state index contributed by atoms with van der Waals surface area (Å²) in [5.74, 6) is 0.514. The van der Waals surface area contributed by atoms with Gasteiger partial charge in [0.1, 0.15) is 11.5 Å². The van der Waals surface area contributed by atoms with Gasteiger partial charge in [-0.2, -0.15) is 0 Å². The molecule has 19 heavy (non-hydrogen) atoms. The average Bonchev–Trinajstić information content (AvgIpc) is 2.37. The molecule has 0 aromatic heterocycles. The molecule has 2 unspecified atom stereocenters. The first-order chi connectivity index (χ1) is 9.15. The molecule has 0 bridgehead atoms. The van der Waals surface area contributed by atoms with E-state index in [-0.39, 0.29) is 12.0 Å².